The summed E-state index contributed by atoms with van der Waals surface area (Å²) in [5.74, 6) is -1.87. The van der Waals surface area contributed by atoms with Crippen molar-refractivity contribution >= 4 is 10.0 Å². The second kappa shape index (κ2) is 5.29. The normalized spacial score (nSPS) is 17.9. The molecule has 0 amide bonds. The minimum Gasteiger partial charge on any atom is -0.317 e. The highest BCUT2D eigenvalue weighted by Crippen LogP contribution is 2.17. The molecule has 1 saturated heterocycles. The van der Waals surface area contributed by atoms with Gasteiger partial charge in [-0.3, -0.25) is 0 Å². The third-order valence-corrected chi connectivity index (χ3v) is 4.40. The first-order valence-corrected chi connectivity index (χ1v) is 7.15. The summed E-state index contributed by atoms with van der Waals surface area (Å²) in [6, 6.07) is 2.23. The van der Waals surface area contributed by atoms with Crippen LogP contribution in [0.15, 0.2) is 23.1 Å². The molecule has 4 nitrogen and oxygen atoms in total. The monoisotopic (exact) mass is 276 g/mol. The molecule has 1 aromatic rings. The molecule has 1 aromatic carbocycles. The number of hydrogen-bond acceptors (Lipinski definition) is 3. The summed E-state index contributed by atoms with van der Waals surface area (Å²) in [6.45, 7) is 1.44. The smallest absolute Gasteiger partial charge is 0.243 e. The van der Waals surface area contributed by atoms with Gasteiger partial charge in [0.25, 0.3) is 0 Å². The number of sulfonamides is 1. The van der Waals surface area contributed by atoms with Crippen LogP contribution in [0.4, 0.5) is 8.78 Å². The van der Waals surface area contributed by atoms with E-state index in [2.05, 4.69) is 10.0 Å². The number of nitrogens with one attached hydrogen (secondary N) is 2. The maximum atomic E-state index is 13.4. The van der Waals surface area contributed by atoms with Crippen molar-refractivity contribution in [1.82, 2.24) is 10.0 Å². The summed E-state index contributed by atoms with van der Waals surface area (Å²) in [5.41, 5.74) is 0. The molecule has 0 saturated carbocycles. The predicted molar refractivity (Wildman–Crippen MR) is 62.6 cm³/mol. The molecule has 1 aliphatic rings. The fourth-order valence-corrected chi connectivity index (χ4v) is 3.28. The van der Waals surface area contributed by atoms with E-state index in [1.54, 1.807) is 0 Å². The van der Waals surface area contributed by atoms with Crippen molar-refractivity contribution in [3.63, 3.8) is 0 Å². The van der Waals surface area contributed by atoms with Gasteiger partial charge in [0.2, 0.25) is 10.0 Å². The van der Waals surface area contributed by atoms with E-state index in [1.165, 1.54) is 0 Å². The third kappa shape index (κ3) is 3.04. The van der Waals surface area contributed by atoms with Gasteiger partial charge in [0, 0.05) is 12.1 Å². The Kier molecular flexibility index (Phi) is 3.94. The highest BCUT2D eigenvalue weighted by molar-refractivity contribution is 7.89. The summed E-state index contributed by atoms with van der Waals surface area (Å²) >= 11 is 0. The summed E-state index contributed by atoms with van der Waals surface area (Å²) in [4.78, 5) is -0.512. The lowest BCUT2D eigenvalue weighted by Gasteiger charge is -2.23. The van der Waals surface area contributed by atoms with Gasteiger partial charge in [0.15, 0.2) is 0 Å². The number of piperidine rings is 1. The fourth-order valence-electron chi connectivity index (χ4n) is 1.92. The average molecular weight is 276 g/mol. The molecule has 7 heteroatoms. The van der Waals surface area contributed by atoms with Crippen LogP contribution in [-0.4, -0.2) is 27.5 Å². The molecule has 0 unspecified atom stereocenters. The van der Waals surface area contributed by atoms with E-state index in [-0.39, 0.29) is 6.04 Å². The molecule has 0 radical (unpaired) electrons. The summed E-state index contributed by atoms with van der Waals surface area (Å²) in [5, 5.41) is 3.10. The first kappa shape index (κ1) is 13.4. The zero-order valence-corrected chi connectivity index (χ0v) is 10.4. The maximum absolute atomic E-state index is 13.4. The Labute approximate surface area is 104 Å². The third-order valence-electron chi connectivity index (χ3n) is 2.84. The Hall–Kier alpha value is -1.05. The lowest BCUT2D eigenvalue weighted by Crippen LogP contribution is -2.42. The number of hydrogen-bond donors (Lipinski definition) is 2. The maximum Gasteiger partial charge on any atom is 0.243 e. The minimum atomic E-state index is -3.93. The largest absolute Gasteiger partial charge is 0.317 e. The molecule has 1 aliphatic heterocycles. The van der Waals surface area contributed by atoms with Gasteiger partial charge < -0.3 is 5.32 Å². The van der Waals surface area contributed by atoms with Crippen molar-refractivity contribution in [2.75, 3.05) is 13.1 Å². The topological polar surface area (TPSA) is 58.2 Å². The van der Waals surface area contributed by atoms with Crippen LogP contribution in [0.2, 0.25) is 0 Å². The second-order valence-corrected chi connectivity index (χ2v) is 5.90. The molecule has 0 aromatic heterocycles. The van der Waals surface area contributed by atoms with Gasteiger partial charge >= 0.3 is 0 Å². The number of rotatable bonds is 3. The van der Waals surface area contributed by atoms with E-state index in [0.29, 0.717) is 18.9 Å². The molecule has 100 valence electrons. The van der Waals surface area contributed by atoms with Crippen LogP contribution in [-0.2, 0) is 10.0 Å². The number of benzene rings is 1. The standard InChI is InChI=1S/C11H14F2N2O2S/c12-8-1-2-11(10(13)7-8)18(16,17)15-9-3-5-14-6-4-9/h1-2,7,9,14-15H,3-6H2. The molecule has 0 spiro atoms. The molecule has 0 atom stereocenters. The van der Waals surface area contributed by atoms with Crippen LogP contribution in [0.3, 0.4) is 0 Å². The molecule has 2 N–H and O–H groups in total. The fraction of sp³-hybridized carbons (Fsp3) is 0.455. The van der Waals surface area contributed by atoms with Gasteiger partial charge in [0.1, 0.15) is 16.5 Å². The van der Waals surface area contributed by atoms with Crippen molar-refractivity contribution < 1.29 is 17.2 Å². The van der Waals surface area contributed by atoms with Crippen molar-refractivity contribution in [1.29, 1.82) is 0 Å². The van der Waals surface area contributed by atoms with E-state index in [0.717, 1.165) is 25.2 Å². The highest BCUT2D eigenvalue weighted by Gasteiger charge is 2.24. The molecule has 2 rings (SSSR count). The van der Waals surface area contributed by atoms with Gasteiger partial charge in [-0.15, -0.1) is 0 Å². The van der Waals surface area contributed by atoms with Crippen molar-refractivity contribution in [2.45, 2.75) is 23.8 Å². The van der Waals surface area contributed by atoms with Crippen LogP contribution < -0.4 is 10.0 Å². The molecule has 0 bridgehead atoms. The van der Waals surface area contributed by atoms with E-state index >= 15 is 0 Å². The van der Waals surface area contributed by atoms with Gasteiger partial charge in [0.05, 0.1) is 0 Å². The lowest BCUT2D eigenvalue weighted by atomic mass is 10.1. The van der Waals surface area contributed by atoms with Crippen LogP contribution >= 0.6 is 0 Å². The first-order valence-electron chi connectivity index (χ1n) is 5.67. The zero-order chi connectivity index (χ0) is 13.2. The molecule has 18 heavy (non-hydrogen) atoms. The zero-order valence-electron chi connectivity index (χ0n) is 9.62. The van der Waals surface area contributed by atoms with Gasteiger partial charge in [-0.2, -0.15) is 0 Å². The van der Waals surface area contributed by atoms with Crippen molar-refractivity contribution in [3.05, 3.63) is 29.8 Å². The minimum absolute atomic E-state index is 0.208. The van der Waals surface area contributed by atoms with Gasteiger partial charge in [-0.05, 0) is 38.1 Å². The van der Waals surface area contributed by atoms with Gasteiger partial charge in [-0.25, -0.2) is 21.9 Å². The molecule has 0 aliphatic carbocycles. The van der Waals surface area contributed by atoms with E-state index in [4.69, 9.17) is 0 Å². The molecule has 1 heterocycles. The SMILES string of the molecule is O=S(=O)(NC1CCNCC1)c1ccc(F)cc1F. The number of halogens is 2. The van der Waals surface area contributed by atoms with Crippen LogP contribution in [0, 0.1) is 11.6 Å². The first-order chi connectivity index (χ1) is 8.49. The van der Waals surface area contributed by atoms with E-state index in [1.807, 2.05) is 0 Å². The Morgan fingerprint density at radius 2 is 1.89 bits per heavy atom. The quantitative estimate of drug-likeness (QED) is 0.866. The lowest BCUT2D eigenvalue weighted by molar-refractivity contribution is 0.426. The van der Waals surface area contributed by atoms with Gasteiger partial charge in [-0.1, -0.05) is 0 Å². The summed E-state index contributed by atoms with van der Waals surface area (Å²) in [6.07, 6.45) is 1.31. The summed E-state index contributed by atoms with van der Waals surface area (Å²) in [7, 11) is -3.93. The molecular weight excluding hydrogens is 262 g/mol. The van der Waals surface area contributed by atoms with Crippen molar-refractivity contribution in [2.24, 2.45) is 0 Å². The Balaban J connectivity index is 2.19. The molecule has 1 fully saturated rings. The van der Waals surface area contributed by atoms with E-state index in [9.17, 15) is 17.2 Å². The summed E-state index contributed by atoms with van der Waals surface area (Å²) < 4.78 is 52.5. The highest BCUT2D eigenvalue weighted by atomic mass is 32.2. The Morgan fingerprint density at radius 3 is 2.50 bits per heavy atom. The Bertz CT molecular complexity index is 528. The van der Waals surface area contributed by atoms with Crippen LogP contribution in [0.5, 0.6) is 0 Å². The Morgan fingerprint density at radius 1 is 1.22 bits per heavy atom. The second-order valence-electron chi connectivity index (χ2n) is 4.22. The van der Waals surface area contributed by atoms with Crippen LogP contribution in [0.25, 0.3) is 0 Å². The van der Waals surface area contributed by atoms with Crippen LogP contribution in [0.1, 0.15) is 12.8 Å². The molecular formula is C11H14F2N2O2S. The average Bonchev–Trinajstić information content (AvgIpc) is 2.29. The van der Waals surface area contributed by atoms with Crippen molar-refractivity contribution in [3.8, 4) is 0 Å². The predicted octanol–water partition coefficient (Wildman–Crippen LogP) is 0.995. The van der Waals surface area contributed by atoms with E-state index < -0.39 is 26.6 Å².